The molecule has 2 aliphatic heterocycles. The van der Waals surface area contributed by atoms with Crippen molar-refractivity contribution in [3.8, 4) is 0 Å². The van der Waals surface area contributed by atoms with E-state index in [1.165, 1.54) is 6.20 Å². The van der Waals surface area contributed by atoms with Gasteiger partial charge in [0.25, 0.3) is 5.91 Å². The molecule has 41 heavy (non-hydrogen) atoms. The van der Waals surface area contributed by atoms with Crippen LogP contribution in [0.25, 0.3) is 0 Å². The molecule has 3 atom stereocenters. The number of amides is 4. The monoisotopic (exact) mass is 555 g/mol. The Labute approximate surface area is 237 Å². The molecule has 3 heterocycles. The number of nitrogens with zero attached hydrogens (tertiary/aromatic N) is 3. The summed E-state index contributed by atoms with van der Waals surface area (Å²) in [7, 11) is 0. The van der Waals surface area contributed by atoms with Gasteiger partial charge in [0.15, 0.2) is 0 Å². The van der Waals surface area contributed by atoms with Crippen molar-refractivity contribution in [2.24, 2.45) is 5.92 Å². The van der Waals surface area contributed by atoms with Crippen LogP contribution in [-0.4, -0.2) is 57.2 Å². The first-order valence-electron chi connectivity index (χ1n) is 14.2. The van der Waals surface area contributed by atoms with E-state index in [1.807, 2.05) is 24.3 Å². The molecule has 11 heteroatoms. The van der Waals surface area contributed by atoms with Gasteiger partial charge in [0.1, 0.15) is 23.8 Å². The van der Waals surface area contributed by atoms with Crippen LogP contribution in [0.2, 0.25) is 0 Å². The van der Waals surface area contributed by atoms with Gasteiger partial charge in [-0.25, -0.2) is 0 Å². The molecule has 3 aliphatic rings. The number of H-pyrrole nitrogens is 1. The van der Waals surface area contributed by atoms with E-state index in [0.717, 1.165) is 42.5 Å². The molecule has 1 saturated carbocycles. The van der Waals surface area contributed by atoms with E-state index in [1.54, 1.807) is 29.2 Å². The smallest absolute Gasteiger partial charge is 0.251 e. The van der Waals surface area contributed by atoms with Gasteiger partial charge in [-0.2, -0.15) is 15.4 Å². The summed E-state index contributed by atoms with van der Waals surface area (Å²) in [6.45, 7) is 0.182. The number of benzene rings is 2. The summed E-state index contributed by atoms with van der Waals surface area (Å²) in [6.07, 6.45) is 6.55. The number of nitrogens with one attached hydrogen (secondary N) is 4. The number of rotatable bonds is 8. The molecule has 1 aliphatic carbocycles. The SMILES string of the molecule is O=C(N[C@H](C(=O)N[C@H]1CCc2cccc3c2N(C1=O)[C@H](C(=O)NCc1cn[nH]n1)C3)C1CCCC1)c1ccccc1. The summed E-state index contributed by atoms with van der Waals surface area (Å²) in [5.41, 5.74) is 3.73. The molecule has 4 N–H and O–H groups in total. The summed E-state index contributed by atoms with van der Waals surface area (Å²) in [5, 5.41) is 19.1. The number of aromatic nitrogens is 3. The lowest BCUT2D eigenvalue weighted by molar-refractivity contribution is -0.130. The zero-order valence-electron chi connectivity index (χ0n) is 22.6. The van der Waals surface area contributed by atoms with Gasteiger partial charge in [0, 0.05) is 12.0 Å². The standard InChI is InChI=1S/C30H33N7O4/c38-27(20-9-2-1-3-10-20)34-25(18-7-4-5-8-18)29(40)33-23-14-13-19-11-6-12-21-15-24(37(26(19)21)30(23)41)28(39)31-16-22-17-32-36-35-22/h1-3,6,9-12,17-18,23-25H,4-5,7-8,13-16H2,(H,31,39)(H,33,40)(H,34,38)(H,32,35,36)/t23-,24-,25-/m0/s1. The number of anilines is 1. The van der Waals surface area contributed by atoms with Crippen molar-refractivity contribution in [2.45, 2.75) is 69.6 Å². The minimum atomic E-state index is -0.829. The highest BCUT2D eigenvalue weighted by Crippen LogP contribution is 2.39. The lowest BCUT2D eigenvalue weighted by Crippen LogP contribution is -2.58. The fourth-order valence-corrected chi connectivity index (χ4v) is 6.34. The van der Waals surface area contributed by atoms with Gasteiger partial charge in [-0.05, 0) is 54.9 Å². The van der Waals surface area contributed by atoms with Crippen molar-refractivity contribution in [1.29, 1.82) is 0 Å². The van der Waals surface area contributed by atoms with Crippen LogP contribution < -0.4 is 20.9 Å². The van der Waals surface area contributed by atoms with Crippen molar-refractivity contribution < 1.29 is 19.2 Å². The van der Waals surface area contributed by atoms with E-state index in [9.17, 15) is 19.2 Å². The van der Waals surface area contributed by atoms with E-state index < -0.39 is 18.1 Å². The molecule has 212 valence electrons. The molecule has 3 aromatic rings. The first-order chi connectivity index (χ1) is 20.0. The summed E-state index contributed by atoms with van der Waals surface area (Å²) >= 11 is 0. The number of para-hydroxylation sites is 1. The maximum Gasteiger partial charge on any atom is 0.251 e. The Morgan fingerprint density at radius 2 is 1.78 bits per heavy atom. The van der Waals surface area contributed by atoms with Crippen LogP contribution in [0.4, 0.5) is 5.69 Å². The quantitative estimate of drug-likeness (QED) is 0.333. The number of hydrogen-bond donors (Lipinski definition) is 4. The third-order valence-electron chi connectivity index (χ3n) is 8.41. The largest absolute Gasteiger partial charge is 0.348 e. The molecule has 1 fully saturated rings. The maximum absolute atomic E-state index is 14.1. The van der Waals surface area contributed by atoms with Crippen molar-refractivity contribution >= 4 is 29.3 Å². The van der Waals surface area contributed by atoms with E-state index in [2.05, 4.69) is 31.4 Å². The zero-order valence-corrected chi connectivity index (χ0v) is 22.6. The van der Waals surface area contributed by atoms with Crippen LogP contribution in [0.1, 0.15) is 59.3 Å². The van der Waals surface area contributed by atoms with Crippen LogP contribution in [0.5, 0.6) is 0 Å². The van der Waals surface area contributed by atoms with Crippen LogP contribution in [0, 0.1) is 5.92 Å². The minimum Gasteiger partial charge on any atom is -0.348 e. The normalized spacial score (nSPS) is 20.7. The van der Waals surface area contributed by atoms with Crippen LogP contribution in [-0.2, 0) is 33.8 Å². The molecule has 0 bridgehead atoms. The van der Waals surface area contributed by atoms with Gasteiger partial charge < -0.3 is 16.0 Å². The van der Waals surface area contributed by atoms with E-state index >= 15 is 0 Å². The van der Waals surface area contributed by atoms with Crippen molar-refractivity contribution in [1.82, 2.24) is 31.4 Å². The van der Waals surface area contributed by atoms with E-state index in [4.69, 9.17) is 0 Å². The number of carbonyl (C=O) groups is 4. The lowest BCUT2D eigenvalue weighted by atomic mass is 9.95. The minimum absolute atomic E-state index is 0.00538. The predicted molar refractivity (Wildman–Crippen MR) is 150 cm³/mol. The number of carbonyl (C=O) groups excluding carboxylic acids is 4. The molecular formula is C30H33N7O4. The zero-order chi connectivity index (χ0) is 28.3. The molecule has 4 amide bonds. The molecule has 6 rings (SSSR count). The first-order valence-corrected chi connectivity index (χ1v) is 14.2. The summed E-state index contributed by atoms with van der Waals surface area (Å²) < 4.78 is 0. The molecule has 0 radical (unpaired) electrons. The van der Waals surface area contributed by atoms with Crippen LogP contribution >= 0.6 is 0 Å². The molecule has 2 aromatic carbocycles. The second-order valence-corrected chi connectivity index (χ2v) is 11.0. The molecule has 11 nitrogen and oxygen atoms in total. The fourth-order valence-electron chi connectivity index (χ4n) is 6.34. The average molecular weight is 556 g/mol. The highest BCUT2D eigenvalue weighted by molar-refractivity contribution is 6.08. The van der Waals surface area contributed by atoms with Gasteiger partial charge in [-0.15, -0.1) is 0 Å². The van der Waals surface area contributed by atoms with Crippen LogP contribution in [0.3, 0.4) is 0 Å². The second-order valence-electron chi connectivity index (χ2n) is 11.0. The second kappa shape index (κ2) is 11.5. The third-order valence-corrected chi connectivity index (χ3v) is 8.41. The Bertz CT molecular complexity index is 1440. The Morgan fingerprint density at radius 3 is 2.54 bits per heavy atom. The molecule has 0 spiro atoms. The van der Waals surface area contributed by atoms with Gasteiger partial charge in [0.05, 0.1) is 18.4 Å². The third kappa shape index (κ3) is 5.44. The first kappa shape index (κ1) is 26.7. The van der Waals surface area contributed by atoms with Gasteiger partial charge in [0.2, 0.25) is 17.7 Å². The van der Waals surface area contributed by atoms with Gasteiger partial charge in [-0.1, -0.05) is 49.2 Å². The summed E-state index contributed by atoms with van der Waals surface area (Å²) in [5.74, 6) is -1.30. The van der Waals surface area contributed by atoms with Crippen molar-refractivity contribution in [3.63, 3.8) is 0 Å². The summed E-state index contributed by atoms with van der Waals surface area (Å²) in [6, 6.07) is 12.4. The van der Waals surface area contributed by atoms with Gasteiger partial charge >= 0.3 is 0 Å². The number of aromatic amines is 1. The number of hydrogen-bond acceptors (Lipinski definition) is 6. The Morgan fingerprint density at radius 1 is 1.00 bits per heavy atom. The highest BCUT2D eigenvalue weighted by atomic mass is 16.2. The maximum atomic E-state index is 14.1. The summed E-state index contributed by atoms with van der Waals surface area (Å²) in [4.78, 5) is 55.8. The fraction of sp³-hybridized carbons (Fsp3) is 0.400. The topological polar surface area (TPSA) is 149 Å². The predicted octanol–water partition coefficient (Wildman–Crippen LogP) is 1.80. The molecule has 0 saturated heterocycles. The molecular weight excluding hydrogens is 522 g/mol. The van der Waals surface area contributed by atoms with Gasteiger partial charge in [-0.3, -0.25) is 24.1 Å². The average Bonchev–Trinajstić information content (AvgIpc) is 3.77. The lowest BCUT2D eigenvalue weighted by Gasteiger charge is -2.30. The molecule has 1 aromatic heterocycles. The van der Waals surface area contributed by atoms with Crippen LogP contribution in [0.15, 0.2) is 54.7 Å². The number of aryl methyl sites for hydroxylation is 1. The Kier molecular flexibility index (Phi) is 7.49. The van der Waals surface area contributed by atoms with Crippen molar-refractivity contribution in [2.75, 3.05) is 4.90 Å². The van der Waals surface area contributed by atoms with E-state index in [-0.39, 0.29) is 36.1 Å². The molecule has 0 unspecified atom stereocenters. The Balaban J connectivity index is 1.21. The van der Waals surface area contributed by atoms with E-state index in [0.29, 0.717) is 30.5 Å². The Hall–Kier alpha value is -4.54. The highest BCUT2D eigenvalue weighted by Gasteiger charge is 2.44. The van der Waals surface area contributed by atoms with Crippen molar-refractivity contribution in [3.05, 3.63) is 77.1 Å².